The predicted octanol–water partition coefficient (Wildman–Crippen LogP) is 2.89. The van der Waals surface area contributed by atoms with Gasteiger partial charge in [-0.15, -0.1) is 5.10 Å². The maximum Gasteiger partial charge on any atom is 0.324 e. The second-order valence-corrected chi connectivity index (χ2v) is 9.31. The largest absolute Gasteiger partial charge is 0.492 e. The van der Waals surface area contributed by atoms with E-state index in [0.29, 0.717) is 42.7 Å². The van der Waals surface area contributed by atoms with E-state index in [1.807, 2.05) is 19.1 Å². The lowest BCUT2D eigenvalue weighted by Gasteiger charge is -2.28. The first-order valence-electron chi connectivity index (χ1n) is 11.5. The van der Waals surface area contributed by atoms with E-state index >= 15 is 0 Å². The van der Waals surface area contributed by atoms with Gasteiger partial charge in [-0.25, -0.2) is 9.48 Å². The molecule has 1 aliphatic carbocycles. The van der Waals surface area contributed by atoms with Crippen LogP contribution in [0.5, 0.6) is 5.75 Å². The molecule has 2 aromatic rings. The Morgan fingerprint density at radius 2 is 2.12 bits per heavy atom. The number of carbonyl (C=O) groups excluding carboxylic acids is 2. The van der Waals surface area contributed by atoms with Gasteiger partial charge in [-0.2, -0.15) is 0 Å². The molecule has 0 radical (unpaired) electrons. The molecule has 0 unspecified atom stereocenters. The highest BCUT2D eigenvalue weighted by molar-refractivity contribution is 6.32. The molecule has 0 bridgehead atoms. The lowest BCUT2D eigenvalue weighted by Crippen LogP contribution is -2.32. The monoisotopic (exact) mass is 475 g/mol. The van der Waals surface area contributed by atoms with Crippen LogP contribution in [0.15, 0.2) is 24.4 Å². The molecule has 0 spiro atoms. The molecule has 1 atom stereocenters. The Morgan fingerprint density at radius 3 is 2.82 bits per heavy atom. The Balaban J connectivity index is 1.37. The SMILES string of the molecule is CC[C@@](O)(Cn1nncc1CCCCN1CC(=O)NC1=O)c1ccc(Cl)c(OCC2CC2)c1. The van der Waals surface area contributed by atoms with E-state index in [2.05, 4.69) is 15.6 Å². The Labute approximate surface area is 198 Å². The number of ether oxygens (including phenoxy) is 1. The van der Waals surface area contributed by atoms with Gasteiger partial charge < -0.3 is 14.7 Å². The number of unbranched alkanes of at least 4 members (excludes halogenated alkanes) is 1. The Morgan fingerprint density at radius 1 is 1.30 bits per heavy atom. The van der Waals surface area contributed by atoms with E-state index in [-0.39, 0.29) is 25.0 Å². The second-order valence-electron chi connectivity index (χ2n) is 8.90. The van der Waals surface area contributed by atoms with Crippen LogP contribution in [-0.2, 0) is 23.4 Å². The molecule has 3 amide bonds. The second kappa shape index (κ2) is 10.1. The molecule has 33 heavy (non-hydrogen) atoms. The molecule has 9 nitrogen and oxygen atoms in total. The van der Waals surface area contributed by atoms with Gasteiger partial charge in [0.25, 0.3) is 0 Å². The van der Waals surface area contributed by atoms with Crippen molar-refractivity contribution in [1.29, 1.82) is 0 Å². The maximum atomic E-state index is 11.6. The number of amides is 3. The molecule has 1 aromatic heterocycles. The van der Waals surface area contributed by atoms with Gasteiger partial charge in [0.2, 0.25) is 5.91 Å². The summed E-state index contributed by atoms with van der Waals surface area (Å²) in [6.45, 7) is 3.47. The number of hydrogen-bond donors (Lipinski definition) is 2. The summed E-state index contributed by atoms with van der Waals surface area (Å²) in [7, 11) is 0. The fourth-order valence-electron chi connectivity index (χ4n) is 3.93. The first-order chi connectivity index (χ1) is 15.9. The third kappa shape index (κ3) is 5.83. The molecule has 10 heteroatoms. The summed E-state index contributed by atoms with van der Waals surface area (Å²) in [5.74, 6) is 0.938. The third-order valence-electron chi connectivity index (χ3n) is 6.31. The van der Waals surface area contributed by atoms with Crippen molar-refractivity contribution in [3.05, 3.63) is 40.7 Å². The number of carbonyl (C=O) groups is 2. The maximum absolute atomic E-state index is 11.6. The van der Waals surface area contributed by atoms with Crippen molar-refractivity contribution in [1.82, 2.24) is 25.2 Å². The zero-order chi connectivity index (χ0) is 23.4. The minimum atomic E-state index is -1.15. The highest BCUT2D eigenvalue weighted by Gasteiger charge is 2.31. The number of aryl methyl sites for hydroxylation is 1. The lowest BCUT2D eigenvalue weighted by molar-refractivity contribution is -0.118. The van der Waals surface area contributed by atoms with Crippen LogP contribution in [0.3, 0.4) is 0 Å². The summed E-state index contributed by atoms with van der Waals surface area (Å²) < 4.78 is 7.62. The number of imide groups is 1. The zero-order valence-corrected chi connectivity index (χ0v) is 19.6. The van der Waals surface area contributed by atoms with E-state index in [9.17, 15) is 14.7 Å². The Hall–Kier alpha value is -2.65. The summed E-state index contributed by atoms with van der Waals surface area (Å²) >= 11 is 6.32. The number of rotatable bonds is 12. The molecule has 2 aliphatic rings. The van der Waals surface area contributed by atoms with E-state index in [1.165, 1.54) is 17.7 Å². The van der Waals surface area contributed by atoms with E-state index < -0.39 is 5.60 Å². The van der Waals surface area contributed by atoms with Crippen LogP contribution in [0.1, 0.15) is 50.3 Å². The van der Waals surface area contributed by atoms with Gasteiger partial charge in [-0.3, -0.25) is 10.1 Å². The minimum Gasteiger partial charge on any atom is -0.492 e. The van der Waals surface area contributed by atoms with Crippen molar-refractivity contribution in [3.8, 4) is 5.75 Å². The third-order valence-corrected chi connectivity index (χ3v) is 6.63. The Bertz CT molecular complexity index is 1010. The van der Waals surface area contributed by atoms with Gasteiger partial charge in [0.15, 0.2) is 0 Å². The number of hydrogen-bond acceptors (Lipinski definition) is 6. The minimum absolute atomic E-state index is 0.120. The molecule has 1 aromatic carbocycles. The van der Waals surface area contributed by atoms with Crippen LogP contribution in [0.2, 0.25) is 5.02 Å². The molecule has 1 saturated carbocycles. The highest BCUT2D eigenvalue weighted by Crippen LogP contribution is 2.36. The predicted molar refractivity (Wildman–Crippen MR) is 122 cm³/mol. The molecule has 2 heterocycles. The number of nitrogens with zero attached hydrogens (tertiary/aromatic N) is 4. The molecular weight excluding hydrogens is 446 g/mol. The van der Waals surface area contributed by atoms with Crippen LogP contribution in [0.4, 0.5) is 4.79 Å². The number of urea groups is 1. The molecule has 178 valence electrons. The van der Waals surface area contributed by atoms with Crippen molar-refractivity contribution in [3.63, 3.8) is 0 Å². The summed E-state index contributed by atoms with van der Waals surface area (Å²) in [5, 5.41) is 22.5. The van der Waals surface area contributed by atoms with Gasteiger partial charge in [0.05, 0.1) is 30.1 Å². The van der Waals surface area contributed by atoms with Crippen LogP contribution in [0, 0.1) is 5.92 Å². The van der Waals surface area contributed by atoms with E-state index in [4.69, 9.17) is 16.3 Å². The molecule has 2 fully saturated rings. The number of benzene rings is 1. The van der Waals surface area contributed by atoms with Gasteiger partial charge >= 0.3 is 6.03 Å². The van der Waals surface area contributed by atoms with Crippen molar-refractivity contribution in [2.45, 2.75) is 57.6 Å². The van der Waals surface area contributed by atoms with Crippen LogP contribution < -0.4 is 10.1 Å². The van der Waals surface area contributed by atoms with Crippen molar-refractivity contribution in [2.75, 3.05) is 19.7 Å². The summed E-state index contributed by atoms with van der Waals surface area (Å²) in [5.41, 5.74) is 0.480. The molecular formula is C23H30ClN5O4. The van der Waals surface area contributed by atoms with Crippen LogP contribution in [-0.4, -0.2) is 56.6 Å². The van der Waals surface area contributed by atoms with Crippen LogP contribution in [0.25, 0.3) is 0 Å². The number of nitrogens with one attached hydrogen (secondary N) is 1. The van der Waals surface area contributed by atoms with Crippen LogP contribution >= 0.6 is 11.6 Å². The quantitative estimate of drug-likeness (QED) is 0.361. The molecule has 1 aliphatic heterocycles. The van der Waals surface area contributed by atoms with Crippen molar-refractivity contribution < 1.29 is 19.4 Å². The lowest BCUT2D eigenvalue weighted by atomic mass is 9.90. The summed E-state index contributed by atoms with van der Waals surface area (Å²) in [6, 6.07) is 5.09. The van der Waals surface area contributed by atoms with Gasteiger partial charge in [0.1, 0.15) is 17.9 Å². The van der Waals surface area contributed by atoms with Crippen molar-refractivity contribution >= 4 is 23.5 Å². The number of halogens is 1. The zero-order valence-electron chi connectivity index (χ0n) is 18.8. The normalized spacial score (nSPS) is 17.8. The molecule has 4 rings (SSSR count). The average molecular weight is 476 g/mol. The number of aliphatic hydroxyl groups is 1. The fraction of sp³-hybridized carbons (Fsp3) is 0.565. The number of aromatic nitrogens is 3. The molecule has 2 N–H and O–H groups in total. The summed E-state index contributed by atoms with van der Waals surface area (Å²) in [6.07, 6.45) is 6.82. The topological polar surface area (TPSA) is 110 Å². The van der Waals surface area contributed by atoms with Gasteiger partial charge in [-0.1, -0.05) is 29.8 Å². The average Bonchev–Trinajstić information content (AvgIpc) is 3.44. The van der Waals surface area contributed by atoms with Crippen molar-refractivity contribution in [2.24, 2.45) is 5.92 Å². The summed E-state index contributed by atoms with van der Waals surface area (Å²) in [4.78, 5) is 24.4. The van der Waals surface area contributed by atoms with Gasteiger partial charge in [0, 0.05) is 6.54 Å². The molecule has 1 saturated heterocycles. The van der Waals surface area contributed by atoms with Gasteiger partial charge in [-0.05, 0) is 62.1 Å². The first-order valence-corrected chi connectivity index (χ1v) is 11.9. The van der Waals surface area contributed by atoms with E-state index in [1.54, 1.807) is 16.9 Å². The highest BCUT2D eigenvalue weighted by atomic mass is 35.5. The standard InChI is InChI=1S/C23H30ClN5O4/c1-2-23(32,17-8-9-19(24)20(11-17)33-14-16-6-7-16)15-29-18(12-25-27-29)5-3-4-10-28-13-21(30)26-22(28)31/h8-9,11-12,16,32H,2-7,10,13-15H2,1H3,(H,26,30,31)/t23-/m1/s1. The first kappa shape index (κ1) is 23.5. The van der Waals surface area contributed by atoms with E-state index in [0.717, 1.165) is 24.1 Å². The fourth-order valence-corrected chi connectivity index (χ4v) is 4.10. The smallest absolute Gasteiger partial charge is 0.324 e. The Kier molecular flexibility index (Phi) is 7.19.